The van der Waals surface area contributed by atoms with Gasteiger partial charge >= 0.3 is 0 Å². The molecular weight excluding hydrogens is 426 g/mol. The summed E-state index contributed by atoms with van der Waals surface area (Å²) in [7, 11) is 3.02. The molecule has 0 aliphatic carbocycles. The number of aliphatic hydroxyl groups is 1. The van der Waals surface area contributed by atoms with Gasteiger partial charge in [-0.25, -0.2) is 0 Å². The molecule has 3 heterocycles. The van der Waals surface area contributed by atoms with Gasteiger partial charge in [-0.3, -0.25) is 9.59 Å². The maximum Gasteiger partial charge on any atom is 0.290 e. The second-order valence-electron chi connectivity index (χ2n) is 6.99. The monoisotopic (exact) mass is 445 g/mol. The average molecular weight is 446 g/mol. The molecule has 0 spiro atoms. The van der Waals surface area contributed by atoms with Crippen LogP contribution in [0.2, 0.25) is 5.02 Å². The van der Waals surface area contributed by atoms with Crippen molar-refractivity contribution < 1.29 is 33.0 Å². The molecule has 1 aromatic carbocycles. The largest absolute Gasteiger partial charge is 0.503 e. The Hall–Kier alpha value is -3.23. The van der Waals surface area contributed by atoms with Crippen molar-refractivity contribution in [3.05, 3.63) is 64.5 Å². The molecule has 4 rings (SSSR count). The molecule has 1 N–H and O–H groups in total. The zero-order chi connectivity index (χ0) is 22.1. The Morgan fingerprint density at radius 1 is 1.29 bits per heavy atom. The Morgan fingerprint density at radius 3 is 2.77 bits per heavy atom. The van der Waals surface area contributed by atoms with Crippen molar-refractivity contribution in [2.45, 2.75) is 12.5 Å². The molecule has 1 amide bonds. The smallest absolute Gasteiger partial charge is 0.290 e. The normalized spacial score (nSPS) is 16.5. The summed E-state index contributed by atoms with van der Waals surface area (Å²) in [5.74, 6) is -1.25. The fourth-order valence-corrected chi connectivity index (χ4v) is 3.94. The van der Waals surface area contributed by atoms with Crippen molar-refractivity contribution in [3.63, 3.8) is 0 Å². The number of carbonyl (C=O) groups is 2. The van der Waals surface area contributed by atoms with Crippen LogP contribution in [0.4, 0.5) is 0 Å². The van der Waals surface area contributed by atoms with E-state index in [9.17, 15) is 14.7 Å². The van der Waals surface area contributed by atoms with Gasteiger partial charge in [0.05, 0.1) is 18.9 Å². The van der Waals surface area contributed by atoms with Crippen molar-refractivity contribution in [3.8, 4) is 5.75 Å². The summed E-state index contributed by atoms with van der Waals surface area (Å²) in [4.78, 5) is 27.6. The van der Waals surface area contributed by atoms with Crippen molar-refractivity contribution in [2.24, 2.45) is 0 Å². The number of Topliss-reactive ketones (excluding diaryl/α,β-unsaturated/α-hetero) is 1. The molecule has 31 heavy (non-hydrogen) atoms. The maximum absolute atomic E-state index is 13.4. The quantitative estimate of drug-likeness (QED) is 0.407. The number of nitrogens with zero attached hydrogens (tertiary/aromatic N) is 1. The van der Waals surface area contributed by atoms with E-state index < -0.39 is 23.5 Å². The second kappa shape index (κ2) is 8.49. The highest BCUT2D eigenvalue weighted by Crippen LogP contribution is 2.40. The van der Waals surface area contributed by atoms with Crippen molar-refractivity contribution >= 4 is 34.3 Å². The summed E-state index contributed by atoms with van der Waals surface area (Å²) < 4.78 is 21.6. The van der Waals surface area contributed by atoms with Gasteiger partial charge in [0, 0.05) is 36.7 Å². The summed E-state index contributed by atoms with van der Waals surface area (Å²) >= 11 is 6.10. The number of ether oxygens (including phenoxy) is 2. The molecule has 162 valence electrons. The first kappa shape index (κ1) is 21.0. The van der Waals surface area contributed by atoms with Crippen molar-refractivity contribution in [1.29, 1.82) is 0 Å². The van der Waals surface area contributed by atoms with Gasteiger partial charge in [0.1, 0.15) is 11.8 Å². The van der Waals surface area contributed by atoms with Crippen LogP contribution in [0.1, 0.15) is 28.8 Å². The first-order chi connectivity index (χ1) is 15.0. The summed E-state index contributed by atoms with van der Waals surface area (Å²) in [6, 6.07) is 7.12. The van der Waals surface area contributed by atoms with Crippen molar-refractivity contribution in [1.82, 2.24) is 4.90 Å². The fourth-order valence-electron chi connectivity index (χ4n) is 3.72. The molecular formula is C22H20ClNO7. The highest BCUT2D eigenvalue weighted by atomic mass is 35.5. The highest BCUT2D eigenvalue weighted by molar-refractivity contribution is 6.31. The number of amides is 1. The van der Waals surface area contributed by atoms with Crippen LogP contribution in [-0.4, -0.2) is 49.1 Å². The molecule has 2 aromatic heterocycles. The molecule has 9 heteroatoms. The number of halogens is 1. The van der Waals surface area contributed by atoms with E-state index >= 15 is 0 Å². The number of methoxy groups -OCH3 is 2. The predicted octanol–water partition coefficient (Wildman–Crippen LogP) is 4.30. The van der Waals surface area contributed by atoms with E-state index in [1.165, 1.54) is 24.3 Å². The van der Waals surface area contributed by atoms with Crippen molar-refractivity contribution in [2.75, 3.05) is 27.4 Å². The summed E-state index contributed by atoms with van der Waals surface area (Å²) in [5, 5.41) is 11.6. The van der Waals surface area contributed by atoms with Crippen LogP contribution >= 0.6 is 11.6 Å². The Morgan fingerprint density at radius 2 is 2.10 bits per heavy atom. The Labute approximate surface area is 182 Å². The van der Waals surface area contributed by atoms with Crippen LogP contribution < -0.4 is 4.74 Å². The average Bonchev–Trinajstić information content (AvgIpc) is 3.47. The number of carbonyl (C=O) groups excluding carboxylic acids is 2. The predicted molar refractivity (Wildman–Crippen MR) is 111 cm³/mol. The van der Waals surface area contributed by atoms with Crippen LogP contribution in [-0.2, 0) is 9.53 Å². The number of hydrogen-bond acceptors (Lipinski definition) is 7. The number of fused-ring (bicyclic) bond motifs is 1. The Bertz CT molecular complexity index is 1160. The molecule has 0 fully saturated rings. The van der Waals surface area contributed by atoms with Gasteiger partial charge in [-0.2, -0.15) is 0 Å². The number of furan rings is 2. The lowest BCUT2D eigenvalue weighted by Crippen LogP contribution is -2.32. The van der Waals surface area contributed by atoms with Crippen LogP contribution in [0, 0.1) is 0 Å². The Kier molecular flexibility index (Phi) is 5.75. The molecule has 1 aliphatic heterocycles. The van der Waals surface area contributed by atoms with Gasteiger partial charge in [-0.1, -0.05) is 11.6 Å². The number of aliphatic hydroxyl groups excluding tert-OH is 1. The number of benzene rings is 1. The topological polar surface area (TPSA) is 102 Å². The minimum Gasteiger partial charge on any atom is -0.503 e. The standard InChI is InChI=1S/C22H20ClNO7/c1-28-7-4-6-24-18(14-5-3-8-30-14)17(20(26)22(24)27)19(25)15-10-12-9-13(23)11-16(29-2)21(12)31-15/h3,5,8-11,18,26H,4,6-7H2,1-2H3. The minimum absolute atomic E-state index is 0.0554. The summed E-state index contributed by atoms with van der Waals surface area (Å²) in [6.45, 7) is 0.686. The molecule has 3 aromatic rings. The van der Waals surface area contributed by atoms with Gasteiger partial charge in [-0.15, -0.1) is 0 Å². The van der Waals surface area contributed by atoms with Gasteiger partial charge < -0.3 is 28.3 Å². The lowest BCUT2D eigenvalue weighted by atomic mass is 9.99. The van der Waals surface area contributed by atoms with Gasteiger partial charge in [-0.05, 0) is 30.7 Å². The maximum atomic E-state index is 13.4. The van der Waals surface area contributed by atoms with Crippen LogP contribution in [0.3, 0.4) is 0 Å². The summed E-state index contributed by atoms with van der Waals surface area (Å²) in [5.41, 5.74) is 0.229. The van der Waals surface area contributed by atoms with Crippen LogP contribution in [0.25, 0.3) is 11.0 Å². The molecule has 8 nitrogen and oxygen atoms in total. The van der Waals surface area contributed by atoms with E-state index in [-0.39, 0.29) is 17.9 Å². The van der Waals surface area contributed by atoms with Gasteiger partial charge in [0.2, 0.25) is 5.78 Å². The van der Waals surface area contributed by atoms with E-state index in [1.807, 2.05) is 0 Å². The van der Waals surface area contributed by atoms with E-state index in [0.29, 0.717) is 40.5 Å². The third kappa shape index (κ3) is 3.68. The molecule has 0 bridgehead atoms. The van der Waals surface area contributed by atoms with E-state index in [2.05, 4.69) is 0 Å². The molecule has 1 atom stereocenters. The highest BCUT2D eigenvalue weighted by Gasteiger charge is 2.45. The number of ketones is 1. The second-order valence-corrected chi connectivity index (χ2v) is 7.43. The number of rotatable bonds is 8. The van der Waals surface area contributed by atoms with E-state index in [1.54, 1.807) is 31.4 Å². The fraction of sp³-hybridized carbons (Fsp3) is 0.273. The summed E-state index contributed by atoms with van der Waals surface area (Å²) in [6.07, 6.45) is 1.97. The van der Waals surface area contributed by atoms with Gasteiger partial charge in [0.15, 0.2) is 22.9 Å². The van der Waals surface area contributed by atoms with E-state index in [4.69, 9.17) is 29.9 Å². The molecule has 1 aliphatic rings. The van der Waals surface area contributed by atoms with Crippen LogP contribution in [0.15, 0.2) is 56.8 Å². The third-order valence-electron chi connectivity index (χ3n) is 5.10. The SMILES string of the molecule is COCCCN1C(=O)C(O)=C(C(=O)c2cc3cc(Cl)cc(OC)c3o2)C1c1ccco1. The molecule has 1 unspecified atom stereocenters. The number of hydrogen-bond donors (Lipinski definition) is 1. The Balaban J connectivity index is 1.76. The molecule has 0 radical (unpaired) electrons. The third-order valence-corrected chi connectivity index (χ3v) is 5.32. The van der Waals surface area contributed by atoms with Gasteiger partial charge in [0.25, 0.3) is 5.91 Å². The zero-order valence-electron chi connectivity index (χ0n) is 16.9. The first-order valence-electron chi connectivity index (χ1n) is 9.54. The lowest BCUT2D eigenvalue weighted by molar-refractivity contribution is -0.129. The first-order valence-corrected chi connectivity index (χ1v) is 9.92. The van der Waals surface area contributed by atoms with E-state index in [0.717, 1.165) is 0 Å². The zero-order valence-corrected chi connectivity index (χ0v) is 17.6. The molecule has 0 saturated heterocycles. The lowest BCUT2D eigenvalue weighted by Gasteiger charge is -2.24. The molecule has 0 saturated carbocycles. The van der Waals surface area contributed by atoms with Crippen LogP contribution in [0.5, 0.6) is 5.75 Å². The minimum atomic E-state index is -0.884.